The predicted octanol–water partition coefficient (Wildman–Crippen LogP) is 2.45. The van der Waals surface area contributed by atoms with Gasteiger partial charge in [-0.3, -0.25) is 9.69 Å². The van der Waals surface area contributed by atoms with Gasteiger partial charge in [-0.1, -0.05) is 6.92 Å². The second kappa shape index (κ2) is 7.19. The van der Waals surface area contributed by atoms with E-state index < -0.39 is 0 Å². The minimum atomic E-state index is 0.184. The summed E-state index contributed by atoms with van der Waals surface area (Å²) in [5.41, 5.74) is 1.16. The lowest BCUT2D eigenvalue weighted by molar-refractivity contribution is 0.0783. The first-order valence-corrected chi connectivity index (χ1v) is 8.88. The monoisotopic (exact) mass is 330 g/mol. The topological polar surface area (TPSA) is 49.3 Å². The molecule has 6 heteroatoms. The number of amides is 1. The van der Waals surface area contributed by atoms with Crippen LogP contribution in [-0.4, -0.2) is 51.9 Å². The van der Waals surface area contributed by atoms with Crippen molar-refractivity contribution in [2.24, 2.45) is 0 Å². The maximum absolute atomic E-state index is 12.7. The van der Waals surface area contributed by atoms with E-state index in [1.165, 1.54) is 0 Å². The largest absolute Gasteiger partial charge is 0.336 e. The van der Waals surface area contributed by atoms with Gasteiger partial charge in [-0.2, -0.15) is 0 Å². The first-order valence-electron chi connectivity index (χ1n) is 8.00. The lowest BCUT2D eigenvalue weighted by Crippen LogP contribution is -2.36. The summed E-state index contributed by atoms with van der Waals surface area (Å²) in [5.74, 6) is 1.01. The zero-order chi connectivity index (χ0) is 16.2. The highest BCUT2D eigenvalue weighted by Crippen LogP contribution is 2.23. The van der Waals surface area contributed by atoms with Crippen molar-refractivity contribution in [3.63, 3.8) is 0 Å². The van der Waals surface area contributed by atoms with Gasteiger partial charge in [-0.25, -0.2) is 9.97 Å². The lowest BCUT2D eigenvalue weighted by Gasteiger charge is -2.24. The SMILES string of the molecule is CCc1ccsc1C(=O)N1CC[C@@H](N(C)Cc2ncccn2)C1. The Balaban J connectivity index is 1.61. The Kier molecular flexibility index (Phi) is 5.03. The van der Waals surface area contributed by atoms with Crippen LogP contribution >= 0.6 is 11.3 Å². The molecule has 1 atom stereocenters. The summed E-state index contributed by atoms with van der Waals surface area (Å²) < 4.78 is 0. The summed E-state index contributed by atoms with van der Waals surface area (Å²) in [6.07, 6.45) is 5.45. The van der Waals surface area contributed by atoms with Gasteiger partial charge in [0.25, 0.3) is 5.91 Å². The lowest BCUT2D eigenvalue weighted by atomic mass is 10.2. The van der Waals surface area contributed by atoms with Crippen molar-refractivity contribution in [2.75, 3.05) is 20.1 Å². The van der Waals surface area contributed by atoms with Gasteiger partial charge in [-0.15, -0.1) is 11.3 Å². The third-order valence-electron chi connectivity index (χ3n) is 4.41. The van der Waals surface area contributed by atoms with Crippen LogP contribution in [0.2, 0.25) is 0 Å². The van der Waals surface area contributed by atoms with E-state index in [9.17, 15) is 4.79 Å². The molecule has 0 unspecified atom stereocenters. The Bertz CT molecular complexity index is 658. The second-order valence-corrected chi connectivity index (χ2v) is 6.82. The quantitative estimate of drug-likeness (QED) is 0.845. The van der Waals surface area contributed by atoms with E-state index in [0.29, 0.717) is 12.6 Å². The zero-order valence-electron chi connectivity index (χ0n) is 13.6. The third kappa shape index (κ3) is 3.59. The number of carbonyl (C=O) groups is 1. The molecule has 1 aliphatic rings. The van der Waals surface area contributed by atoms with Gasteiger partial charge in [0.05, 0.1) is 11.4 Å². The second-order valence-electron chi connectivity index (χ2n) is 5.90. The summed E-state index contributed by atoms with van der Waals surface area (Å²) in [6.45, 7) is 4.42. The van der Waals surface area contributed by atoms with Gasteiger partial charge in [0.15, 0.2) is 0 Å². The number of carbonyl (C=O) groups excluding carboxylic acids is 1. The molecule has 0 saturated carbocycles. The van der Waals surface area contributed by atoms with Crippen LogP contribution in [0.1, 0.15) is 34.4 Å². The minimum absolute atomic E-state index is 0.184. The molecular formula is C17H22N4OS. The van der Waals surface area contributed by atoms with Crippen LogP contribution < -0.4 is 0 Å². The Labute approximate surface area is 141 Å². The fourth-order valence-corrected chi connectivity index (χ4v) is 3.96. The average Bonchev–Trinajstić information content (AvgIpc) is 3.24. The van der Waals surface area contributed by atoms with Crippen molar-refractivity contribution >= 4 is 17.2 Å². The number of nitrogens with zero attached hydrogens (tertiary/aromatic N) is 4. The van der Waals surface area contributed by atoms with Gasteiger partial charge < -0.3 is 4.90 Å². The molecule has 0 aliphatic carbocycles. The van der Waals surface area contributed by atoms with Gasteiger partial charge in [0.1, 0.15) is 5.82 Å². The Morgan fingerprint density at radius 3 is 2.96 bits per heavy atom. The van der Waals surface area contributed by atoms with E-state index in [1.54, 1.807) is 23.7 Å². The van der Waals surface area contributed by atoms with E-state index >= 15 is 0 Å². The van der Waals surface area contributed by atoms with Gasteiger partial charge >= 0.3 is 0 Å². The summed E-state index contributed by atoms with van der Waals surface area (Å²) >= 11 is 1.56. The molecule has 0 radical (unpaired) electrons. The molecule has 1 amide bonds. The molecule has 0 aromatic carbocycles. The molecule has 3 rings (SSSR count). The van der Waals surface area contributed by atoms with Crippen LogP contribution in [0.25, 0.3) is 0 Å². The molecule has 0 bridgehead atoms. The van der Waals surface area contributed by atoms with Gasteiger partial charge in [0, 0.05) is 31.5 Å². The van der Waals surface area contributed by atoms with Crippen LogP contribution in [-0.2, 0) is 13.0 Å². The molecule has 3 heterocycles. The number of aromatic nitrogens is 2. The first kappa shape index (κ1) is 16.1. The maximum atomic E-state index is 12.7. The van der Waals surface area contributed by atoms with E-state index in [-0.39, 0.29) is 5.91 Å². The number of likely N-dealkylation sites (tertiary alicyclic amines) is 1. The third-order valence-corrected chi connectivity index (χ3v) is 5.35. The zero-order valence-corrected chi connectivity index (χ0v) is 14.4. The molecule has 0 N–H and O–H groups in total. The van der Waals surface area contributed by atoms with E-state index in [2.05, 4.69) is 34.9 Å². The Morgan fingerprint density at radius 1 is 1.43 bits per heavy atom. The van der Waals surface area contributed by atoms with Crippen molar-refractivity contribution in [1.82, 2.24) is 19.8 Å². The van der Waals surface area contributed by atoms with Crippen molar-refractivity contribution in [3.8, 4) is 0 Å². The molecule has 2 aromatic heterocycles. The fourth-order valence-electron chi connectivity index (χ4n) is 3.00. The number of rotatable bonds is 5. The number of likely N-dealkylation sites (N-methyl/N-ethyl adjacent to an activating group) is 1. The van der Waals surface area contributed by atoms with Crippen LogP contribution in [0.3, 0.4) is 0 Å². The highest BCUT2D eigenvalue weighted by molar-refractivity contribution is 7.12. The molecule has 1 saturated heterocycles. The van der Waals surface area contributed by atoms with Crippen molar-refractivity contribution < 1.29 is 4.79 Å². The van der Waals surface area contributed by atoms with E-state index in [4.69, 9.17) is 0 Å². The molecular weight excluding hydrogens is 308 g/mol. The number of thiophene rings is 1. The molecule has 0 spiro atoms. The smallest absolute Gasteiger partial charge is 0.264 e. The van der Waals surface area contributed by atoms with E-state index in [1.807, 2.05) is 16.3 Å². The average molecular weight is 330 g/mol. The highest BCUT2D eigenvalue weighted by Gasteiger charge is 2.30. The van der Waals surface area contributed by atoms with Crippen molar-refractivity contribution in [1.29, 1.82) is 0 Å². The van der Waals surface area contributed by atoms with Crippen molar-refractivity contribution in [2.45, 2.75) is 32.4 Å². The molecule has 5 nitrogen and oxygen atoms in total. The minimum Gasteiger partial charge on any atom is -0.336 e. The number of aryl methyl sites for hydroxylation is 1. The number of hydrogen-bond donors (Lipinski definition) is 0. The predicted molar refractivity (Wildman–Crippen MR) is 91.5 cm³/mol. The summed E-state index contributed by atoms with van der Waals surface area (Å²) in [7, 11) is 2.08. The van der Waals surface area contributed by atoms with Crippen molar-refractivity contribution in [3.05, 3.63) is 46.2 Å². The van der Waals surface area contributed by atoms with Gasteiger partial charge in [0.2, 0.25) is 0 Å². The number of hydrogen-bond acceptors (Lipinski definition) is 5. The molecule has 2 aromatic rings. The summed E-state index contributed by atoms with van der Waals surface area (Å²) in [5, 5.41) is 2.01. The van der Waals surface area contributed by atoms with Crippen LogP contribution in [0, 0.1) is 0 Å². The normalized spacial score (nSPS) is 17.9. The first-order chi connectivity index (χ1) is 11.2. The standard InChI is InChI=1S/C17H22N4OS/c1-3-13-6-10-23-16(13)17(22)21-9-5-14(11-21)20(2)12-15-18-7-4-8-19-15/h4,6-8,10,14H,3,5,9,11-12H2,1-2H3/t14-/m1/s1. The molecule has 122 valence electrons. The highest BCUT2D eigenvalue weighted by atomic mass is 32.1. The summed E-state index contributed by atoms with van der Waals surface area (Å²) in [6, 6.07) is 4.25. The van der Waals surface area contributed by atoms with Crippen LogP contribution in [0.4, 0.5) is 0 Å². The van der Waals surface area contributed by atoms with E-state index in [0.717, 1.165) is 42.2 Å². The molecule has 1 fully saturated rings. The molecule has 23 heavy (non-hydrogen) atoms. The Morgan fingerprint density at radius 2 is 2.22 bits per heavy atom. The van der Waals surface area contributed by atoms with Crippen LogP contribution in [0.15, 0.2) is 29.9 Å². The molecule has 1 aliphatic heterocycles. The fraction of sp³-hybridized carbons (Fsp3) is 0.471. The van der Waals surface area contributed by atoms with Crippen LogP contribution in [0.5, 0.6) is 0 Å². The summed E-state index contributed by atoms with van der Waals surface area (Å²) in [4.78, 5) is 26.4. The van der Waals surface area contributed by atoms with Gasteiger partial charge in [-0.05, 0) is 43.0 Å². The maximum Gasteiger partial charge on any atom is 0.264 e. The Hall–Kier alpha value is -1.79.